The van der Waals surface area contributed by atoms with Gasteiger partial charge in [-0.3, -0.25) is 9.59 Å². The van der Waals surface area contributed by atoms with E-state index >= 15 is 0 Å². The summed E-state index contributed by atoms with van der Waals surface area (Å²) in [6.07, 6.45) is 10.8. The Morgan fingerprint density at radius 3 is 2.45 bits per heavy atom. The molecule has 3 heteroatoms. The van der Waals surface area contributed by atoms with Gasteiger partial charge in [0.05, 0.1) is 12.0 Å². The number of hydrogen-bond acceptors (Lipinski definition) is 3. The van der Waals surface area contributed by atoms with Crippen molar-refractivity contribution >= 4 is 11.6 Å². The zero-order valence-corrected chi connectivity index (χ0v) is 20.2. The summed E-state index contributed by atoms with van der Waals surface area (Å²) >= 11 is 0. The van der Waals surface area contributed by atoms with Crippen LogP contribution in [0.15, 0.2) is 34.9 Å². The van der Waals surface area contributed by atoms with Crippen molar-refractivity contribution in [2.75, 3.05) is 0 Å². The Hall–Kier alpha value is -1.48. The lowest BCUT2D eigenvalue weighted by atomic mass is 9.53. The van der Waals surface area contributed by atoms with Crippen molar-refractivity contribution in [3.63, 3.8) is 0 Å². The van der Waals surface area contributed by atoms with Crippen LogP contribution in [0.4, 0.5) is 0 Å². The SMILES string of the molecule is CC(C)[C@@H](C)/C=C/[C@@H](C)[C@H]1CC(=O)[C@@H]2C3=C(CC[C@@]21C)[C@@]1(C)CC[C@H](O)CC1=CC3=O. The van der Waals surface area contributed by atoms with Crippen molar-refractivity contribution in [1.82, 2.24) is 0 Å². The van der Waals surface area contributed by atoms with Gasteiger partial charge in [0.2, 0.25) is 0 Å². The van der Waals surface area contributed by atoms with E-state index in [0.717, 1.165) is 36.8 Å². The first-order valence-corrected chi connectivity index (χ1v) is 12.4. The van der Waals surface area contributed by atoms with Crippen LogP contribution < -0.4 is 0 Å². The van der Waals surface area contributed by atoms with Gasteiger partial charge >= 0.3 is 0 Å². The van der Waals surface area contributed by atoms with Crippen molar-refractivity contribution < 1.29 is 14.7 Å². The molecule has 1 N–H and O–H groups in total. The van der Waals surface area contributed by atoms with E-state index in [2.05, 4.69) is 53.7 Å². The molecule has 0 aromatic rings. The van der Waals surface area contributed by atoms with Crippen molar-refractivity contribution in [3.8, 4) is 0 Å². The van der Waals surface area contributed by atoms with E-state index in [9.17, 15) is 14.7 Å². The third kappa shape index (κ3) is 3.52. The first-order chi connectivity index (χ1) is 14.5. The number of Topliss-reactive ketones (excluding diaryl/α,β-unsaturated/α-hetero) is 1. The summed E-state index contributed by atoms with van der Waals surface area (Å²) < 4.78 is 0. The number of aliphatic hydroxyl groups is 1. The van der Waals surface area contributed by atoms with Gasteiger partial charge in [-0.25, -0.2) is 0 Å². The molecule has 4 aliphatic rings. The first kappa shape index (κ1) is 22.7. The van der Waals surface area contributed by atoms with Gasteiger partial charge in [0.25, 0.3) is 0 Å². The highest BCUT2D eigenvalue weighted by Crippen LogP contribution is 2.63. The topological polar surface area (TPSA) is 54.4 Å². The first-order valence-electron chi connectivity index (χ1n) is 12.4. The van der Waals surface area contributed by atoms with E-state index in [1.165, 1.54) is 5.57 Å². The molecule has 0 bridgehead atoms. The van der Waals surface area contributed by atoms with Crippen molar-refractivity contribution in [3.05, 3.63) is 34.9 Å². The van der Waals surface area contributed by atoms with Crippen molar-refractivity contribution in [2.45, 2.75) is 86.2 Å². The summed E-state index contributed by atoms with van der Waals surface area (Å²) in [7, 11) is 0. The third-order valence-electron chi connectivity index (χ3n) is 9.56. The smallest absolute Gasteiger partial charge is 0.182 e. The number of fused-ring (bicyclic) bond motifs is 4. The number of ketones is 2. The molecule has 2 fully saturated rings. The van der Waals surface area contributed by atoms with Crippen LogP contribution in [0.1, 0.15) is 80.1 Å². The van der Waals surface area contributed by atoms with Crippen molar-refractivity contribution in [1.29, 1.82) is 0 Å². The summed E-state index contributed by atoms with van der Waals surface area (Å²) in [5.74, 6) is 1.79. The quantitative estimate of drug-likeness (QED) is 0.577. The molecular weight excluding hydrogens is 384 g/mol. The molecule has 4 aliphatic carbocycles. The molecule has 0 aliphatic heterocycles. The molecule has 0 unspecified atom stereocenters. The standard InChI is InChI=1S/C28H40O3/c1-16(2)17(3)7-8-18(4)22-15-24(31)26-25-21(10-12-28(22,26)6)27(5)11-9-20(29)13-19(27)14-23(25)30/h7-8,14,16-18,20,22,26,29H,9-13,15H2,1-6H3/b8-7+/t17-,18+,20-,22+,26+,27-,28+/m0/s1. The van der Waals surface area contributed by atoms with E-state index in [1.807, 2.05) is 0 Å². The largest absolute Gasteiger partial charge is 0.393 e. The second-order valence-electron chi connectivity index (χ2n) is 11.7. The van der Waals surface area contributed by atoms with Crippen LogP contribution in [0, 0.1) is 40.4 Å². The zero-order valence-electron chi connectivity index (χ0n) is 20.2. The predicted molar refractivity (Wildman–Crippen MR) is 124 cm³/mol. The maximum Gasteiger partial charge on any atom is 0.182 e. The Kier molecular flexibility index (Phi) is 5.74. The molecule has 4 rings (SSSR count). The maximum absolute atomic E-state index is 13.4. The summed E-state index contributed by atoms with van der Waals surface area (Å²) in [6.45, 7) is 13.5. The predicted octanol–water partition coefficient (Wildman–Crippen LogP) is 5.83. The van der Waals surface area contributed by atoms with Crippen LogP contribution in [0.25, 0.3) is 0 Å². The monoisotopic (exact) mass is 424 g/mol. The lowest BCUT2D eigenvalue weighted by molar-refractivity contribution is -0.123. The molecule has 0 aromatic carbocycles. The Morgan fingerprint density at radius 2 is 1.77 bits per heavy atom. The number of allylic oxidation sites excluding steroid dienone is 5. The Labute approximate surface area is 188 Å². The molecule has 0 spiro atoms. The van der Waals surface area contributed by atoms with E-state index in [0.29, 0.717) is 30.6 Å². The number of carbonyl (C=O) groups is 2. The fraction of sp³-hybridized carbons (Fsp3) is 0.714. The highest BCUT2D eigenvalue weighted by molar-refractivity contribution is 6.11. The average molecular weight is 425 g/mol. The molecule has 0 aromatic heterocycles. The molecule has 0 amide bonds. The van der Waals surface area contributed by atoms with Crippen LogP contribution in [0.5, 0.6) is 0 Å². The zero-order chi connectivity index (χ0) is 22.7. The normalized spacial score (nSPS) is 40.0. The molecular formula is C28H40O3. The van der Waals surface area contributed by atoms with E-state index in [-0.39, 0.29) is 40.3 Å². The maximum atomic E-state index is 13.4. The number of aliphatic hydroxyl groups excluding tert-OH is 1. The van der Waals surface area contributed by atoms with Crippen LogP contribution in [-0.4, -0.2) is 22.8 Å². The minimum atomic E-state index is -0.346. The Bertz CT molecular complexity index is 875. The third-order valence-corrected chi connectivity index (χ3v) is 9.56. The molecule has 31 heavy (non-hydrogen) atoms. The fourth-order valence-electron chi connectivity index (χ4n) is 7.03. The Morgan fingerprint density at radius 1 is 1.06 bits per heavy atom. The van der Waals surface area contributed by atoms with Crippen LogP contribution >= 0.6 is 0 Å². The highest BCUT2D eigenvalue weighted by atomic mass is 16.3. The second kappa shape index (κ2) is 7.83. The number of rotatable bonds is 4. The minimum Gasteiger partial charge on any atom is -0.393 e. The molecule has 0 radical (unpaired) electrons. The Balaban J connectivity index is 1.68. The number of hydrogen-bond donors (Lipinski definition) is 1. The molecule has 7 atom stereocenters. The van der Waals surface area contributed by atoms with Gasteiger partial charge in [-0.05, 0) is 67.3 Å². The van der Waals surface area contributed by atoms with Gasteiger partial charge in [-0.1, -0.05) is 64.8 Å². The molecule has 170 valence electrons. The second-order valence-corrected chi connectivity index (χ2v) is 11.7. The van der Waals surface area contributed by atoms with Gasteiger partial charge in [0.15, 0.2) is 5.78 Å². The van der Waals surface area contributed by atoms with Gasteiger partial charge in [-0.15, -0.1) is 0 Å². The molecule has 3 nitrogen and oxygen atoms in total. The highest BCUT2D eigenvalue weighted by Gasteiger charge is 2.59. The van der Waals surface area contributed by atoms with Gasteiger partial charge in [0.1, 0.15) is 5.78 Å². The van der Waals surface area contributed by atoms with Gasteiger partial charge in [0, 0.05) is 17.4 Å². The summed E-state index contributed by atoms with van der Waals surface area (Å²) in [5.41, 5.74) is 2.83. The molecule has 0 heterocycles. The van der Waals surface area contributed by atoms with Crippen LogP contribution in [0.2, 0.25) is 0 Å². The number of carbonyl (C=O) groups excluding carboxylic acids is 2. The average Bonchev–Trinajstić information content (AvgIpc) is 2.98. The lowest BCUT2D eigenvalue weighted by Gasteiger charge is -2.50. The van der Waals surface area contributed by atoms with E-state index in [4.69, 9.17) is 0 Å². The van der Waals surface area contributed by atoms with Crippen molar-refractivity contribution in [2.24, 2.45) is 40.4 Å². The molecule has 0 saturated heterocycles. The summed E-state index contributed by atoms with van der Waals surface area (Å²) in [5, 5.41) is 10.2. The van der Waals surface area contributed by atoms with Crippen LogP contribution in [-0.2, 0) is 9.59 Å². The minimum absolute atomic E-state index is 0.0399. The van der Waals surface area contributed by atoms with Gasteiger partial charge < -0.3 is 5.11 Å². The van der Waals surface area contributed by atoms with Gasteiger partial charge in [-0.2, -0.15) is 0 Å². The summed E-state index contributed by atoms with van der Waals surface area (Å²) in [4.78, 5) is 26.8. The van der Waals surface area contributed by atoms with Crippen LogP contribution in [0.3, 0.4) is 0 Å². The lowest BCUT2D eigenvalue weighted by Crippen LogP contribution is -2.45. The summed E-state index contributed by atoms with van der Waals surface area (Å²) in [6, 6.07) is 0. The molecule has 2 saturated carbocycles. The fourth-order valence-corrected chi connectivity index (χ4v) is 7.03. The van der Waals surface area contributed by atoms with E-state index in [1.54, 1.807) is 6.08 Å². The van der Waals surface area contributed by atoms with E-state index < -0.39 is 0 Å².